The van der Waals surface area contributed by atoms with Gasteiger partial charge in [-0.05, 0) is 19.3 Å². The van der Waals surface area contributed by atoms with E-state index in [1.165, 1.54) is 23.5 Å². The Bertz CT molecular complexity index is 587. The first-order chi connectivity index (χ1) is 8.93. The summed E-state index contributed by atoms with van der Waals surface area (Å²) in [5, 5.41) is 8.09. The standard InChI is InChI=1S/C12H15N5O/c1-2-9-10(3-1)14-12-15-13-8-17(12)11(9)16-4-6-18-7-5-16/h8H,1-7H2. The molecule has 0 spiro atoms. The molecule has 6 nitrogen and oxygen atoms in total. The third-order valence-corrected chi connectivity index (χ3v) is 3.76. The van der Waals surface area contributed by atoms with Gasteiger partial charge in [0.2, 0.25) is 0 Å². The van der Waals surface area contributed by atoms with Crippen LogP contribution in [-0.2, 0) is 17.6 Å². The van der Waals surface area contributed by atoms with Crippen molar-refractivity contribution in [3.05, 3.63) is 17.6 Å². The van der Waals surface area contributed by atoms with Gasteiger partial charge in [-0.15, -0.1) is 10.2 Å². The van der Waals surface area contributed by atoms with Crippen molar-refractivity contribution in [2.75, 3.05) is 31.2 Å². The molecule has 0 amide bonds. The number of morpholine rings is 1. The van der Waals surface area contributed by atoms with Crippen molar-refractivity contribution in [2.45, 2.75) is 19.3 Å². The lowest BCUT2D eigenvalue weighted by atomic mass is 10.2. The van der Waals surface area contributed by atoms with Gasteiger partial charge < -0.3 is 9.64 Å². The Kier molecular flexibility index (Phi) is 2.23. The van der Waals surface area contributed by atoms with Gasteiger partial charge in [0.15, 0.2) is 0 Å². The topological polar surface area (TPSA) is 55.5 Å². The van der Waals surface area contributed by atoms with Crippen LogP contribution in [0.15, 0.2) is 6.33 Å². The van der Waals surface area contributed by atoms with Gasteiger partial charge in [-0.2, -0.15) is 0 Å². The molecule has 3 heterocycles. The van der Waals surface area contributed by atoms with E-state index < -0.39 is 0 Å². The summed E-state index contributed by atoms with van der Waals surface area (Å²) in [4.78, 5) is 6.98. The predicted molar refractivity (Wildman–Crippen MR) is 65.8 cm³/mol. The average Bonchev–Trinajstić information content (AvgIpc) is 3.04. The van der Waals surface area contributed by atoms with Crippen LogP contribution in [-0.4, -0.2) is 45.9 Å². The second-order valence-electron chi connectivity index (χ2n) is 4.81. The van der Waals surface area contributed by atoms with Gasteiger partial charge in [0.05, 0.1) is 18.9 Å². The molecule has 4 rings (SSSR count). The van der Waals surface area contributed by atoms with Crippen molar-refractivity contribution in [2.24, 2.45) is 0 Å². The molecular weight excluding hydrogens is 230 g/mol. The molecule has 1 saturated heterocycles. The highest BCUT2D eigenvalue weighted by Crippen LogP contribution is 2.31. The van der Waals surface area contributed by atoms with E-state index >= 15 is 0 Å². The number of anilines is 1. The summed E-state index contributed by atoms with van der Waals surface area (Å²) in [5.41, 5.74) is 2.58. The quantitative estimate of drug-likeness (QED) is 0.730. The molecule has 1 aliphatic carbocycles. The van der Waals surface area contributed by atoms with E-state index in [-0.39, 0.29) is 0 Å². The third kappa shape index (κ3) is 1.42. The fourth-order valence-corrected chi connectivity index (χ4v) is 2.93. The highest BCUT2D eigenvalue weighted by molar-refractivity contribution is 5.57. The fourth-order valence-electron chi connectivity index (χ4n) is 2.93. The second kappa shape index (κ2) is 3.91. The normalized spacial score (nSPS) is 19.4. The molecule has 1 fully saturated rings. The lowest BCUT2D eigenvalue weighted by Crippen LogP contribution is -2.38. The summed E-state index contributed by atoms with van der Waals surface area (Å²) in [6, 6.07) is 0. The Morgan fingerprint density at radius 2 is 2.06 bits per heavy atom. The van der Waals surface area contributed by atoms with Crippen molar-refractivity contribution in [3.8, 4) is 0 Å². The van der Waals surface area contributed by atoms with Crippen molar-refractivity contribution < 1.29 is 4.74 Å². The first-order valence-electron chi connectivity index (χ1n) is 6.47. The minimum atomic E-state index is 0.720. The first-order valence-corrected chi connectivity index (χ1v) is 6.47. The number of hydrogen-bond acceptors (Lipinski definition) is 5. The van der Waals surface area contributed by atoms with Gasteiger partial charge in [0, 0.05) is 18.7 Å². The Labute approximate surface area is 105 Å². The Morgan fingerprint density at radius 1 is 1.17 bits per heavy atom. The molecule has 0 unspecified atom stereocenters. The molecule has 6 heteroatoms. The number of aromatic nitrogens is 4. The number of ether oxygens (including phenoxy) is 1. The van der Waals surface area contributed by atoms with Crippen LogP contribution in [0.3, 0.4) is 0 Å². The molecule has 2 aliphatic rings. The molecular formula is C12H15N5O. The molecule has 0 atom stereocenters. The maximum atomic E-state index is 5.44. The van der Waals surface area contributed by atoms with Gasteiger partial charge in [-0.25, -0.2) is 4.98 Å². The summed E-state index contributed by atoms with van der Waals surface area (Å²) >= 11 is 0. The molecule has 0 saturated carbocycles. The molecule has 1 aliphatic heterocycles. The van der Waals surface area contributed by atoms with E-state index in [4.69, 9.17) is 4.74 Å². The smallest absolute Gasteiger partial charge is 0.256 e. The lowest BCUT2D eigenvalue weighted by Gasteiger charge is -2.30. The average molecular weight is 245 g/mol. The minimum Gasteiger partial charge on any atom is -0.378 e. The van der Waals surface area contributed by atoms with Crippen molar-refractivity contribution >= 4 is 11.6 Å². The highest BCUT2D eigenvalue weighted by atomic mass is 16.5. The van der Waals surface area contributed by atoms with Crippen LogP contribution >= 0.6 is 0 Å². The zero-order valence-electron chi connectivity index (χ0n) is 10.2. The number of fused-ring (bicyclic) bond motifs is 2. The summed E-state index contributed by atoms with van der Waals surface area (Å²) in [6.07, 6.45) is 5.14. The van der Waals surface area contributed by atoms with Gasteiger partial charge in [0.1, 0.15) is 12.1 Å². The zero-order chi connectivity index (χ0) is 11.9. The number of hydrogen-bond donors (Lipinski definition) is 0. The Morgan fingerprint density at radius 3 is 2.94 bits per heavy atom. The summed E-state index contributed by atoms with van der Waals surface area (Å²) in [5.74, 6) is 1.96. The molecule has 0 N–H and O–H groups in total. The van der Waals surface area contributed by atoms with Crippen LogP contribution in [0.2, 0.25) is 0 Å². The van der Waals surface area contributed by atoms with Crippen LogP contribution in [0.1, 0.15) is 17.7 Å². The van der Waals surface area contributed by atoms with E-state index in [0.717, 1.165) is 44.9 Å². The van der Waals surface area contributed by atoms with E-state index in [0.29, 0.717) is 0 Å². The predicted octanol–water partition coefficient (Wildman–Crippen LogP) is 0.450. The van der Waals surface area contributed by atoms with Crippen LogP contribution in [0.5, 0.6) is 0 Å². The second-order valence-corrected chi connectivity index (χ2v) is 4.81. The molecule has 94 valence electrons. The monoisotopic (exact) mass is 245 g/mol. The Hall–Kier alpha value is -1.69. The zero-order valence-corrected chi connectivity index (χ0v) is 10.2. The van der Waals surface area contributed by atoms with Gasteiger partial charge in [-0.3, -0.25) is 4.40 Å². The number of nitrogens with zero attached hydrogens (tertiary/aromatic N) is 5. The van der Waals surface area contributed by atoms with Gasteiger partial charge >= 0.3 is 0 Å². The largest absolute Gasteiger partial charge is 0.378 e. The molecule has 0 aromatic carbocycles. The lowest BCUT2D eigenvalue weighted by molar-refractivity contribution is 0.122. The van der Waals surface area contributed by atoms with Crippen molar-refractivity contribution in [1.29, 1.82) is 0 Å². The Balaban J connectivity index is 1.93. The molecule has 2 aromatic heterocycles. The van der Waals surface area contributed by atoms with Crippen LogP contribution in [0.25, 0.3) is 5.78 Å². The summed E-state index contributed by atoms with van der Waals surface area (Å²) in [6.45, 7) is 3.45. The van der Waals surface area contributed by atoms with Crippen molar-refractivity contribution in [3.63, 3.8) is 0 Å². The highest BCUT2D eigenvalue weighted by Gasteiger charge is 2.25. The maximum absolute atomic E-state index is 5.44. The maximum Gasteiger partial charge on any atom is 0.256 e. The van der Waals surface area contributed by atoms with E-state index in [9.17, 15) is 0 Å². The van der Waals surface area contributed by atoms with Crippen molar-refractivity contribution in [1.82, 2.24) is 19.6 Å². The number of aryl methyl sites for hydroxylation is 1. The van der Waals surface area contributed by atoms with Gasteiger partial charge in [-0.1, -0.05) is 0 Å². The molecule has 0 bridgehead atoms. The van der Waals surface area contributed by atoms with E-state index in [1.807, 2.05) is 4.40 Å². The van der Waals surface area contributed by atoms with Gasteiger partial charge in [0.25, 0.3) is 5.78 Å². The summed E-state index contributed by atoms with van der Waals surface area (Å²) < 4.78 is 7.46. The summed E-state index contributed by atoms with van der Waals surface area (Å²) in [7, 11) is 0. The molecule has 18 heavy (non-hydrogen) atoms. The molecule has 0 radical (unpaired) electrons. The van der Waals surface area contributed by atoms with E-state index in [2.05, 4.69) is 20.1 Å². The third-order valence-electron chi connectivity index (χ3n) is 3.76. The molecule has 2 aromatic rings. The first kappa shape index (κ1) is 10.3. The van der Waals surface area contributed by atoms with Crippen LogP contribution in [0.4, 0.5) is 5.82 Å². The SMILES string of the molecule is c1nnc2nc3c(c(N4CCOCC4)n12)CCC3. The van der Waals surface area contributed by atoms with Crippen LogP contribution in [0, 0.1) is 0 Å². The number of rotatable bonds is 1. The fraction of sp³-hybridized carbons (Fsp3) is 0.583. The van der Waals surface area contributed by atoms with Crippen LogP contribution < -0.4 is 4.90 Å². The van der Waals surface area contributed by atoms with E-state index in [1.54, 1.807) is 6.33 Å². The minimum absolute atomic E-state index is 0.720.